The summed E-state index contributed by atoms with van der Waals surface area (Å²) in [4.78, 5) is 16.2. The molecule has 2 saturated heterocycles. The topological polar surface area (TPSA) is 44.8 Å². The minimum absolute atomic E-state index is 0. The number of carbonyl (C=O) groups excluding carboxylic acids is 1. The quantitative estimate of drug-likeness (QED) is 0.779. The molecule has 0 bridgehead atoms. The Bertz CT molecular complexity index is 230. The van der Waals surface area contributed by atoms with E-state index < -0.39 is 0 Å². The van der Waals surface area contributed by atoms with Crippen LogP contribution in [0.25, 0.3) is 0 Å². The maximum absolute atomic E-state index is 12.0. The largest absolute Gasteiger partial charge is 0.378 e. The van der Waals surface area contributed by atoms with Crippen LogP contribution in [0.15, 0.2) is 0 Å². The van der Waals surface area contributed by atoms with Crippen molar-refractivity contribution in [1.82, 2.24) is 15.1 Å². The fourth-order valence-corrected chi connectivity index (χ4v) is 2.16. The molecule has 0 radical (unpaired) electrons. The predicted octanol–water partition coefficient (Wildman–Crippen LogP) is -0.0159. The first-order chi connectivity index (χ1) is 7.86. The standard InChI is InChI=1S/C11H21N3O2.2ClH/c15-11(14-6-8-16-9-7-14)10-13-4-1-2-12-3-5-13;;/h12H,1-10H2;2*1H. The summed E-state index contributed by atoms with van der Waals surface area (Å²) in [5, 5.41) is 3.34. The Morgan fingerprint density at radius 3 is 2.50 bits per heavy atom. The third-order valence-corrected chi connectivity index (χ3v) is 3.16. The van der Waals surface area contributed by atoms with E-state index in [1.165, 1.54) is 0 Å². The minimum Gasteiger partial charge on any atom is -0.378 e. The van der Waals surface area contributed by atoms with Gasteiger partial charge in [0.25, 0.3) is 0 Å². The van der Waals surface area contributed by atoms with E-state index >= 15 is 0 Å². The van der Waals surface area contributed by atoms with E-state index in [-0.39, 0.29) is 30.7 Å². The van der Waals surface area contributed by atoms with Crippen LogP contribution in [0.3, 0.4) is 0 Å². The number of rotatable bonds is 2. The highest BCUT2D eigenvalue weighted by Gasteiger charge is 2.19. The number of nitrogens with zero attached hydrogens (tertiary/aromatic N) is 2. The van der Waals surface area contributed by atoms with Crippen LogP contribution in [-0.2, 0) is 9.53 Å². The number of hydrogen-bond acceptors (Lipinski definition) is 4. The maximum Gasteiger partial charge on any atom is 0.236 e. The lowest BCUT2D eigenvalue weighted by Crippen LogP contribution is -2.46. The zero-order valence-corrected chi connectivity index (χ0v) is 12.2. The average molecular weight is 300 g/mol. The van der Waals surface area contributed by atoms with Crippen molar-refractivity contribution in [2.45, 2.75) is 6.42 Å². The Kier molecular flexibility index (Phi) is 9.77. The van der Waals surface area contributed by atoms with Gasteiger partial charge >= 0.3 is 0 Å². The molecule has 2 aliphatic heterocycles. The van der Waals surface area contributed by atoms with Gasteiger partial charge in [-0.2, -0.15) is 0 Å². The van der Waals surface area contributed by atoms with Crippen LogP contribution in [0.4, 0.5) is 0 Å². The molecule has 7 heteroatoms. The van der Waals surface area contributed by atoms with Gasteiger partial charge in [-0.3, -0.25) is 9.69 Å². The van der Waals surface area contributed by atoms with Gasteiger partial charge in [0.1, 0.15) is 0 Å². The fraction of sp³-hybridized carbons (Fsp3) is 0.909. The van der Waals surface area contributed by atoms with Crippen molar-refractivity contribution in [3.05, 3.63) is 0 Å². The normalized spacial score (nSPS) is 21.4. The second-order valence-electron chi connectivity index (χ2n) is 4.37. The van der Waals surface area contributed by atoms with Gasteiger partial charge in [0.2, 0.25) is 5.91 Å². The number of hydrogen-bond donors (Lipinski definition) is 1. The number of ether oxygens (including phenoxy) is 1. The van der Waals surface area contributed by atoms with E-state index in [2.05, 4.69) is 10.2 Å². The molecule has 1 amide bonds. The summed E-state index contributed by atoms with van der Waals surface area (Å²) < 4.78 is 5.24. The molecule has 0 aliphatic carbocycles. The van der Waals surface area contributed by atoms with Crippen molar-refractivity contribution in [1.29, 1.82) is 0 Å². The van der Waals surface area contributed by atoms with E-state index in [1.54, 1.807) is 0 Å². The SMILES string of the molecule is Cl.Cl.O=C(CN1CCCNCC1)N1CCOCC1. The molecule has 0 unspecified atom stereocenters. The molecule has 2 aliphatic rings. The third-order valence-electron chi connectivity index (χ3n) is 3.16. The Labute approximate surface area is 121 Å². The van der Waals surface area contributed by atoms with Crippen molar-refractivity contribution in [2.75, 3.05) is 59.0 Å². The number of amides is 1. The van der Waals surface area contributed by atoms with Crippen LogP contribution in [0.2, 0.25) is 0 Å². The van der Waals surface area contributed by atoms with Crippen LogP contribution in [-0.4, -0.2) is 74.7 Å². The molecule has 108 valence electrons. The molecule has 2 rings (SSSR count). The van der Waals surface area contributed by atoms with Gasteiger partial charge in [-0.25, -0.2) is 0 Å². The Morgan fingerprint density at radius 2 is 1.78 bits per heavy atom. The van der Waals surface area contributed by atoms with Gasteiger partial charge in [-0.15, -0.1) is 24.8 Å². The highest BCUT2D eigenvalue weighted by Crippen LogP contribution is 2.01. The van der Waals surface area contributed by atoms with Crippen LogP contribution >= 0.6 is 24.8 Å². The zero-order valence-electron chi connectivity index (χ0n) is 10.6. The van der Waals surface area contributed by atoms with Crippen molar-refractivity contribution in [2.24, 2.45) is 0 Å². The molecule has 0 aromatic heterocycles. The summed E-state index contributed by atoms with van der Waals surface area (Å²) in [7, 11) is 0. The van der Waals surface area contributed by atoms with Crippen LogP contribution < -0.4 is 5.32 Å². The molecular weight excluding hydrogens is 277 g/mol. The second-order valence-corrected chi connectivity index (χ2v) is 4.37. The van der Waals surface area contributed by atoms with Gasteiger partial charge in [0.15, 0.2) is 0 Å². The Hall–Kier alpha value is -0.0700. The first kappa shape index (κ1) is 17.9. The number of morpholine rings is 1. The highest BCUT2D eigenvalue weighted by atomic mass is 35.5. The van der Waals surface area contributed by atoms with Gasteiger partial charge in [0, 0.05) is 26.2 Å². The van der Waals surface area contributed by atoms with E-state index in [4.69, 9.17) is 4.74 Å². The molecule has 18 heavy (non-hydrogen) atoms. The van der Waals surface area contributed by atoms with Crippen molar-refractivity contribution in [3.8, 4) is 0 Å². The van der Waals surface area contributed by atoms with E-state index in [0.29, 0.717) is 19.8 Å². The van der Waals surface area contributed by atoms with E-state index in [0.717, 1.165) is 45.7 Å². The molecule has 0 aromatic rings. The molecule has 2 heterocycles. The predicted molar refractivity (Wildman–Crippen MR) is 75.8 cm³/mol. The minimum atomic E-state index is 0. The van der Waals surface area contributed by atoms with Crippen molar-refractivity contribution < 1.29 is 9.53 Å². The summed E-state index contributed by atoms with van der Waals surface area (Å²) in [6.45, 7) is 7.54. The summed E-state index contributed by atoms with van der Waals surface area (Å²) in [6.07, 6.45) is 1.14. The lowest BCUT2D eigenvalue weighted by molar-refractivity contribution is -0.136. The number of halogens is 2. The molecule has 0 saturated carbocycles. The molecule has 0 aromatic carbocycles. The second kappa shape index (κ2) is 9.81. The third kappa shape index (κ3) is 5.71. The smallest absolute Gasteiger partial charge is 0.236 e. The number of nitrogens with one attached hydrogen (secondary N) is 1. The lowest BCUT2D eigenvalue weighted by atomic mass is 10.3. The Morgan fingerprint density at radius 1 is 1.06 bits per heavy atom. The van der Waals surface area contributed by atoms with E-state index in [1.807, 2.05) is 4.90 Å². The van der Waals surface area contributed by atoms with Gasteiger partial charge in [-0.1, -0.05) is 0 Å². The molecule has 5 nitrogen and oxygen atoms in total. The molecule has 0 spiro atoms. The van der Waals surface area contributed by atoms with Crippen LogP contribution in [0.5, 0.6) is 0 Å². The first-order valence-electron chi connectivity index (χ1n) is 6.15. The molecule has 0 atom stereocenters. The van der Waals surface area contributed by atoms with Crippen molar-refractivity contribution in [3.63, 3.8) is 0 Å². The van der Waals surface area contributed by atoms with Crippen LogP contribution in [0.1, 0.15) is 6.42 Å². The van der Waals surface area contributed by atoms with Gasteiger partial charge in [0.05, 0.1) is 19.8 Å². The average Bonchev–Trinajstić information content (AvgIpc) is 2.59. The molecule has 1 N–H and O–H groups in total. The molecule has 2 fully saturated rings. The number of carbonyl (C=O) groups is 1. The van der Waals surface area contributed by atoms with E-state index in [9.17, 15) is 4.79 Å². The van der Waals surface area contributed by atoms with Crippen molar-refractivity contribution >= 4 is 30.7 Å². The fourth-order valence-electron chi connectivity index (χ4n) is 2.16. The maximum atomic E-state index is 12.0. The monoisotopic (exact) mass is 299 g/mol. The summed E-state index contributed by atoms with van der Waals surface area (Å²) in [5.74, 6) is 0.255. The van der Waals surface area contributed by atoms with Gasteiger partial charge in [-0.05, 0) is 19.5 Å². The summed E-state index contributed by atoms with van der Waals surface area (Å²) in [6, 6.07) is 0. The summed E-state index contributed by atoms with van der Waals surface area (Å²) in [5.41, 5.74) is 0. The molecular formula is C11H23Cl2N3O2. The summed E-state index contributed by atoms with van der Waals surface area (Å²) >= 11 is 0. The lowest BCUT2D eigenvalue weighted by Gasteiger charge is -2.29. The zero-order chi connectivity index (χ0) is 11.2. The van der Waals surface area contributed by atoms with Gasteiger partial charge < -0.3 is 15.0 Å². The highest BCUT2D eigenvalue weighted by molar-refractivity contribution is 5.85. The first-order valence-corrected chi connectivity index (χ1v) is 6.15. The Balaban J connectivity index is 0.00000144. The van der Waals surface area contributed by atoms with Crippen LogP contribution in [0, 0.1) is 0 Å².